The molecular weight excluding hydrogens is 452 g/mol. The predicted molar refractivity (Wildman–Crippen MR) is 117 cm³/mol. The van der Waals surface area contributed by atoms with Crippen molar-refractivity contribution in [2.75, 3.05) is 11.7 Å². The van der Waals surface area contributed by atoms with Gasteiger partial charge in [0.1, 0.15) is 6.67 Å². The number of carbonyl (C=O) groups excluding carboxylic acids is 2. The molecule has 1 amide bonds. The van der Waals surface area contributed by atoms with Gasteiger partial charge in [0.25, 0.3) is 5.91 Å². The molecule has 1 atom stereocenters. The average molecular weight is 469 g/mol. The van der Waals surface area contributed by atoms with Gasteiger partial charge < -0.3 is 10.1 Å². The fourth-order valence-electron chi connectivity index (χ4n) is 4.19. The second kappa shape index (κ2) is 8.04. The van der Waals surface area contributed by atoms with E-state index < -0.39 is 40.7 Å². The SMILES string of the molecule is CC(=O)Oc1c2n(ccc1=O)N(C1c3ccccc3SCc3c1ccc(F)c3F)CNC2=O. The van der Waals surface area contributed by atoms with Crippen LogP contribution in [0.15, 0.2) is 58.4 Å². The Morgan fingerprint density at radius 2 is 1.91 bits per heavy atom. The Kier molecular flexibility index (Phi) is 5.16. The van der Waals surface area contributed by atoms with Crippen LogP contribution in [0.1, 0.15) is 40.1 Å². The third-order valence-corrected chi connectivity index (χ3v) is 6.70. The van der Waals surface area contributed by atoms with E-state index in [2.05, 4.69) is 5.32 Å². The van der Waals surface area contributed by atoms with Crippen LogP contribution in [0.25, 0.3) is 0 Å². The van der Waals surface area contributed by atoms with Gasteiger partial charge in [0.05, 0.1) is 6.04 Å². The molecule has 0 bridgehead atoms. The summed E-state index contributed by atoms with van der Waals surface area (Å²) in [4.78, 5) is 37.6. The van der Waals surface area contributed by atoms with Crippen molar-refractivity contribution >= 4 is 23.6 Å². The smallest absolute Gasteiger partial charge is 0.308 e. The number of esters is 1. The number of ether oxygens (including phenoxy) is 1. The maximum absolute atomic E-state index is 14.9. The van der Waals surface area contributed by atoms with Crippen LogP contribution in [0.2, 0.25) is 0 Å². The summed E-state index contributed by atoms with van der Waals surface area (Å²) in [6, 6.07) is 10.7. The predicted octanol–water partition coefficient (Wildman–Crippen LogP) is 3.09. The first kappa shape index (κ1) is 21.2. The van der Waals surface area contributed by atoms with Gasteiger partial charge in [-0.3, -0.25) is 24.1 Å². The number of thioether (sulfide) groups is 1. The second-order valence-electron chi connectivity index (χ2n) is 7.56. The number of nitrogens with zero attached hydrogens (tertiary/aromatic N) is 2. The highest BCUT2D eigenvalue weighted by Gasteiger charge is 2.36. The standard InChI is InChI=1S/C23H17F2N3O4S/c1-12(29)32-22-17(30)8-9-27-21(22)23(31)26-11-28(27)20-13-6-7-16(24)19(25)15(13)10-33-18-5-3-2-4-14(18)20/h2-9,20H,10-11H2,1H3,(H,26,31). The number of carbonyl (C=O) groups is 2. The third kappa shape index (κ3) is 3.46. The first-order valence-corrected chi connectivity index (χ1v) is 11.0. The van der Waals surface area contributed by atoms with Crippen LogP contribution in [0, 0.1) is 11.6 Å². The first-order chi connectivity index (χ1) is 15.9. The molecule has 0 spiro atoms. The number of nitrogens with one attached hydrogen (secondary N) is 1. The normalized spacial score (nSPS) is 16.8. The summed E-state index contributed by atoms with van der Waals surface area (Å²) in [6.45, 7) is 1.14. The van der Waals surface area contributed by atoms with Crippen molar-refractivity contribution in [3.05, 3.63) is 92.9 Å². The lowest BCUT2D eigenvalue weighted by Gasteiger charge is -2.40. The van der Waals surface area contributed by atoms with Crippen LogP contribution in [-0.4, -0.2) is 23.2 Å². The molecule has 2 aromatic carbocycles. The Balaban J connectivity index is 1.77. The topological polar surface area (TPSA) is 80.6 Å². The van der Waals surface area contributed by atoms with Gasteiger partial charge in [0, 0.05) is 35.4 Å². The molecule has 0 saturated heterocycles. The van der Waals surface area contributed by atoms with Crippen molar-refractivity contribution in [2.24, 2.45) is 0 Å². The number of pyridine rings is 1. The molecular formula is C23H17F2N3O4S. The van der Waals surface area contributed by atoms with E-state index in [1.165, 1.54) is 34.8 Å². The maximum Gasteiger partial charge on any atom is 0.308 e. The zero-order chi connectivity index (χ0) is 23.3. The fourth-order valence-corrected chi connectivity index (χ4v) is 5.30. The van der Waals surface area contributed by atoms with Gasteiger partial charge in [0.2, 0.25) is 11.2 Å². The first-order valence-electron chi connectivity index (χ1n) is 10.0. The number of amides is 1. The Morgan fingerprint density at radius 1 is 1.12 bits per heavy atom. The Bertz CT molecular complexity index is 1370. The quantitative estimate of drug-likeness (QED) is 0.581. The molecule has 0 aliphatic carbocycles. The molecule has 33 heavy (non-hydrogen) atoms. The van der Waals surface area contributed by atoms with Crippen molar-refractivity contribution in [2.45, 2.75) is 23.6 Å². The van der Waals surface area contributed by atoms with E-state index in [1.807, 2.05) is 24.3 Å². The highest BCUT2D eigenvalue weighted by Crippen LogP contribution is 2.43. The molecule has 0 fully saturated rings. The highest BCUT2D eigenvalue weighted by atomic mass is 32.2. The lowest BCUT2D eigenvalue weighted by Crippen LogP contribution is -2.54. The molecule has 10 heteroatoms. The highest BCUT2D eigenvalue weighted by molar-refractivity contribution is 7.98. The van der Waals surface area contributed by atoms with Crippen molar-refractivity contribution in [1.29, 1.82) is 0 Å². The van der Waals surface area contributed by atoms with Gasteiger partial charge in [0.15, 0.2) is 17.3 Å². The van der Waals surface area contributed by atoms with Crippen molar-refractivity contribution in [1.82, 2.24) is 9.99 Å². The van der Waals surface area contributed by atoms with E-state index in [0.717, 1.165) is 23.4 Å². The van der Waals surface area contributed by atoms with Crippen molar-refractivity contribution in [3.8, 4) is 5.75 Å². The van der Waals surface area contributed by atoms with E-state index in [1.54, 1.807) is 5.01 Å². The van der Waals surface area contributed by atoms with E-state index >= 15 is 0 Å². The number of hydrogen-bond acceptors (Lipinski definition) is 6. The fraction of sp³-hybridized carbons (Fsp3) is 0.174. The average Bonchev–Trinajstić information content (AvgIpc) is 2.95. The van der Waals surface area contributed by atoms with Crippen LogP contribution in [0.4, 0.5) is 8.78 Å². The largest absolute Gasteiger partial charge is 0.420 e. The molecule has 2 aliphatic rings. The Morgan fingerprint density at radius 3 is 2.70 bits per heavy atom. The Hall–Kier alpha value is -3.66. The molecule has 7 nitrogen and oxygen atoms in total. The van der Waals surface area contributed by atoms with Gasteiger partial charge in [-0.05, 0) is 23.3 Å². The summed E-state index contributed by atoms with van der Waals surface area (Å²) >= 11 is 1.39. The minimum atomic E-state index is -0.938. The molecule has 5 rings (SSSR count). The van der Waals surface area contributed by atoms with Crippen LogP contribution >= 0.6 is 11.8 Å². The second-order valence-corrected chi connectivity index (χ2v) is 8.57. The summed E-state index contributed by atoms with van der Waals surface area (Å²) in [7, 11) is 0. The molecule has 2 aliphatic heterocycles. The van der Waals surface area contributed by atoms with E-state index in [9.17, 15) is 23.2 Å². The van der Waals surface area contributed by atoms with Crippen molar-refractivity contribution in [3.63, 3.8) is 0 Å². The molecule has 1 aromatic heterocycles. The van der Waals surface area contributed by atoms with E-state index in [4.69, 9.17) is 4.74 Å². The lowest BCUT2D eigenvalue weighted by atomic mass is 9.94. The third-order valence-electron chi connectivity index (χ3n) is 5.58. The van der Waals surface area contributed by atoms with Gasteiger partial charge in [-0.25, -0.2) is 8.78 Å². The van der Waals surface area contributed by atoms with Gasteiger partial charge >= 0.3 is 5.97 Å². The number of benzene rings is 2. The number of rotatable bonds is 2. The number of halogens is 2. The zero-order valence-corrected chi connectivity index (χ0v) is 18.1. The van der Waals surface area contributed by atoms with Crippen LogP contribution in [0.3, 0.4) is 0 Å². The van der Waals surface area contributed by atoms with Gasteiger partial charge in [-0.2, -0.15) is 0 Å². The molecule has 1 unspecified atom stereocenters. The number of fused-ring (bicyclic) bond motifs is 3. The minimum absolute atomic E-state index is 0.0102. The zero-order valence-electron chi connectivity index (χ0n) is 17.3. The van der Waals surface area contributed by atoms with Crippen LogP contribution in [0.5, 0.6) is 5.75 Å². The van der Waals surface area contributed by atoms with Crippen LogP contribution in [-0.2, 0) is 10.5 Å². The van der Waals surface area contributed by atoms with Gasteiger partial charge in [-0.1, -0.05) is 24.3 Å². The van der Waals surface area contributed by atoms with Crippen molar-refractivity contribution < 1.29 is 23.1 Å². The summed E-state index contributed by atoms with van der Waals surface area (Å²) in [5.74, 6) is -3.37. The number of aromatic nitrogens is 1. The maximum atomic E-state index is 14.9. The summed E-state index contributed by atoms with van der Waals surface area (Å²) < 4.78 is 35.5. The molecule has 0 saturated carbocycles. The summed E-state index contributed by atoms with van der Waals surface area (Å²) in [5, 5.41) is 4.41. The monoisotopic (exact) mass is 469 g/mol. The molecule has 1 N–H and O–H groups in total. The van der Waals surface area contributed by atoms with E-state index in [0.29, 0.717) is 5.56 Å². The summed E-state index contributed by atoms with van der Waals surface area (Å²) in [5.41, 5.74) is 0.797. The molecule has 3 heterocycles. The molecule has 3 aromatic rings. The number of hydrogen-bond donors (Lipinski definition) is 1. The minimum Gasteiger partial charge on any atom is -0.420 e. The van der Waals surface area contributed by atoms with Crippen LogP contribution < -0.4 is 20.5 Å². The molecule has 168 valence electrons. The lowest BCUT2D eigenvalue weighted by molar-refractivity contribution is -0.132. The van der Waals surface area contributed by atoms with Gasteiger partial charge in [-0.15, -0.1) is 11.8 Å². The Labute approximate surface area is 190 Å². The molecule has 0 radical (unpaired) electrons. The summed E-state index contributed by atoms with van der Waals surface area (Å²) in [6.07, 6.45) is 1.41. The van der Waals surface area contributed by atoms with E-state index in [-0.39, 0.29) is 23.7 Å².